The number of nitrogens with zero attached hydrogens (tertiary/aromatic N) is 2. The van der Waals surface area contributed by atoms with E-state index in [-0.39, 0.29) is 12.0 Å². The maximum absolute atomic E-state index is 12.2. The van der Waals surface area contributed by atoms with Crippen molar-refractivity contribution in [2.45, 2.75) is 25.4 Å². The Bertz CT molecular complexity index is 389. The fourth-order valence-electron chi connectivity index (χ4n) is 2.24. The molecule has 5 heteroatoms. The molecule has 1 aromatic rings. The summed E-state index contributed by atoms with van der Waals surface area (Å²) in [6.07, 6.45) is 6.28. The van der Waals surface area contributed by atoms with Crippen LogP contribution in [0.25, 0.3) is 0 Å². The summed E-state index contributed by atoms with van der Waals surface area (Å²) in [7, 11) is 0. The van der Waals surface area contributed by atoms with Crippen LogP contribution in [-0.2, 0) is 4.74 Å². The average molecular weight is 263 g/mol. The van der Waals surface area contributed by atoms with Crippen LogP contribution in [-0.4, -0.2) is 48.1 Å². The number of carbonyl (C=O) groups is 1. The van der Waals surface area contributed by atoms with Crippen LogP contribution in [0.4, 0.5) is 0 Å². The Morgan fingerprint density at radius 2 is 2.05 bits per heavy atom. The first-order valence-electron chi connectivity index (χ1n) is 6.82. The predicted octanol–water partition coefficient (Wildman–Crippen LogP) is 1.05. The first-order chi connectivity index (χ1) is 9.31. The number of pyridine rings is 1. The fraction of sp³-hybridized carbons (Fsp3) is 0.571. The number of hydrogen-bond acceptors (Lipinski definition) is 4. The van der Waals surface area contributed by atoms with Crippen molar-refractivity contribution in [1.29, 1.82) is 0 Å². The molecule has 1 saturated heterocycles. The van der Waals surface area contributed by atoms with Crippen molar-refractivity contribution in [1.82, 2.24) is 9.88 Å². The monoisotopic (exact) mass is 263 g/mol. The van der Waals surface area contributed by atoms with Crippen molar-refractivity contribution >= 4 is 5.91 Å². The van der Waals surface area contributed by atoms with Crippen molar-refractivity contribution in [2.24, 2.45) is 5.73 Å². The van der Waals surface area contributed by atoms with E-state index in [2.05, 4.69) is 4.98 Å². The molecule has 2 N–H and O–H groups in total. The van der Waals surface area contributed by atoms with Crippen LogP contribution in [0.1, 0.15) is 29.6 Å². The summed E-state index contributed by atoms with van der Waals surface area (Å²) in [5.74, 6) is 0.0859. The van der Waals surface area contributed by atoms with E-state index >= 15 is 0 Å². The van der Waals surface area contributed by atoms with Gasteiger partial charge in [0.1, 0.15) is 0 Å². The SMILES string of the molecule is NCCCOC1CCN(C(=O)c2ccncc2)CC1. The van der Waals surface area contributed by atoms with Crippen molar-refractivity contribution in [3.63, 3.8) is 0 Å². The summed E-state index contributed by atoms with van der Waals surface area (Å²) in [6.45, 7) is 2.90. The number of nitrogens with two attached hydrogens (primary N) is 1. The summed E-state index contributed by atoms with van der Waals surface area (Å²) in [6, 6.07) is 3.51. The van der Waals surface area contributed by atoms with E-state index in [0.717, 1.165) is 39.0 Å². The Kier molecular flexibility index (Phi) is 5.30. The van der Waals surface area contributed by atoms with Gasteiger partial charge in [0.25, 0.3) is 5.91 Å². The zero-order chi connectivity index (χ0) is 13.5. The van der Waals surface area contributed by atoms with E-state index < -0.39 is 0 Å². The van der Waals surface area contributed by atoms with Crippen molar-refractivity contribution < 1.29 is 9.53 Å². The number of amides is 1. The van der Waals surface area contributed by atoms with Gasteiger partial charge < -0.3 is 15.4 Å². The van der Waals surface area contributed by atoms with Crippen LogP contribution < -0.4 is 5.73 Å². The minimum absolute atomic E-state index is 0.0859. The first-order valence-corrected chi connectivity index (χ1v) is 6.82. The second-order valence-corrected chi connectivity index (χ2v) is 4.74. The number of likely N-dealkylation sites (tertiary alicyclic amines) is 1. The van der Waals surface area contributed by atoms with E-state index in [0.29, 0.717) is 12.1 Å². The maximum Gasteiger partial charge on any atom is 0.253 e. The fourth-order valence-corrected chi connectivity index (χ4v) is 2.24. The lowest BCUT2D eigenvalue weighted by Gasteiger charge is -2.32. The zero-order valence-corrected chi connectivity index (χ0v) is 11.1. The molecule has 1 aliphatic rings. The lowest BCUT2D eigenvalue weighted by Crippen LogP contribution is -2.41. The zero-order valence-electron chi connectivity index (χ0n) is 11.1. The molecule has 5 nitrogen and oxygen atoms in total. The minimum Gasteiger partial charge on any atom is -0.378 e. The van der Waals surface area contributed by atoms with Gasteiger partial charge in [0.05, 0.1) is 6.10 Å². The first kappa shape index (κ1) is 14.0. The normalized spacial score (nSPS) is 16.6. The molecule has 0 aromatic carbocycles. The van der Waals surface area contributed by atoms with E-state index in [1.807, 2.05) is 4.90 Å². The van der Waals surface area contributed by atoms with Crippen LogP contribution in [0.3, 0.4) is 0 Å². The maximum atomic E-state index is 12.2. The molecule has 19 heavy (non-hydrogen) atoms. The third-order valence-corrected chi connectivity index (χ3v) is 3.36. The van der Waals surface area contributed by atoms with Crippen LogP contribution in [0.5, 0.6) is 0 Å². The third-order valence-electron chi connectivity index (χ3n) is 3.36. The molecule has 0 spiro atoms. The Hall–Kier alpha value is -1.46. The van der Waals surface area contributed by atoms with Gasteiger partial charge in [-0.2, -0.15) is 0 Å². The average Bonchev–Trinajstić information content (AvgIpc) is 2.48. The highest BCUT2D eigenvalue weighted by atomic mass is 16.5. The number of rotatable bonds is 5. The van der Waals surface area contributed by atoms with Gasteiger partial charge in [0, 0.05) is 37.7 Å². The van der Waals surface area contributed by atoms with E-state index in [9.17, 15) is 4.79 Å². The van der Waals surface area contributed by atoms with E-state index in [1.54, 1.807) is 24.5 Å². The summed E-state index contributed by atoms with van der Waals surface area (Å²) in [5.41, 5.74) is 6.14. The van der Waals surface area contributed by atoms with Crippen LogP contribution in [0.15, 0.2) is 24.5 Å². The van der Waals surface area contributed by atoms with Crippen LogP contribution >= 0.6 is 0 Å². The Balaban J connectivity index is 1.78. The molecule has 1 fully saturated rings. The molecule has 1 aliphatic heterocycles. The minimum atomic E-state index is 0.0859. The topological polar surface area (TPSA) is 68.5 Å². The lowest BCUT2D eigenvalue weighted by atomic mass is 10.1. The number of aromatic nitrogens is 1. The number of carbonyl (C=O) groups excluding carboxylic acids is 1. The highest BCUT2D eigenvalue weighted by molar-refractivity contribution is 5.94. The second-order valence-electron chi connectivity index (χ2n) is 4.74. The van der Waals surface area contributed by atoms with Gasteiger partial charge in [0.2, 0.25) is 0 Å². The van der Waals surface area contributed by atoms with Gasteiger partial charge in [-0.15, -0.1) is 0 Å². The molecule has 104 valence electrons. The molecule has 1 amide bonds. The summed E-state index contributed by atoms with van der Waals surface area (Å²) < 4.78 is 5.73. The van der Waals surface area contributed by atoms with Crippen LogP contribution in [0, 0.1) is 0 Å². The molecule has 1 aromatic heterocycles. The molecule has 0 aliphatic carbocycles. The molecule has 2 rings (SSSR count). The van der Waals surface area contributed by atoms with E-state index in [1.165, 1.54) is 0 Å². The molecule has 0 saturated carbocycles. The molecule has 0 unspecified atom stereocenters. The summed E-state index contributed by atoms with van der Waals surface area (Å²) in [5, 5.41) is 0. The van der Waals surface area contributed by atoms with Gasteiger partial charge in [0.15, 0.2) is 0 Å². The highest BCUT2D eigenvalue weighted by Gasteiger charge is 2.23. The molecule has 2 heterocycles. The number of piperidine rings is 1. The van der Waals surface area contributed by atoms with Gasteiger partial charge >= 0.3 is 0 Å². The van der Waals surface area contributed by atoms with Gasteiger partial charge in [-0.05, 0) is 37.9 Å². The second kappa shape index (κ2) is 7.21. The van der Waals surface area contributed by atoms with Gasteiger partial charge in [-0.3, -0.25) is 9.78 Å². The van der Waals surface area contributed by atoms with Gasteiger partial charge in [-0.1, -0.05) is 0 Å². The quantitative estimate of drug-likeness (QED) is 0.806. The third kappa shape index (κ3) is 4.01. The number of hydrogen-bond donors (Lipinski definition) is 1. The van der Waals surface area contributed by atoms with Crippen molar-refractivity contribution in [3.05, 3.63) is 30.1 Å². The summed E-state index contributed by atoms with van der Waals surface area (Å²) >= 11 is 0. The summed E-state index contributed by atoms with van der Waals surface area (Å²) in [4.78, 5) is 18.0. The predicted molar refractivity (Wildman–Crippen MR) is 72.8 cm³/mol. The molecular formula is C14H21N3O2. The smallest absolute Gasteiger partial charge is 0.253 e. The molecule has 0 bridgehead atoms. The molecule has 0 atom stereocenters. The molecular weight excluding hydrogens is 242 g/mol. The Labute approximate surface area is 113 Å². The highest BCUT2D eigenvalue weighted by Crippen LogP contribution is 2.16. The lowest BCUT2D eigenvalue weighted by molar-refractivity contribution is 0.00844. The van der Waals surface area contributed by atoms with Crippen molar-refractivity contribution in [3.8, 4) is 0 Å². The van der Waals surface area contributed by atoms with Gasteiger partial charge in [-0.25, -0.2) is 0 Å². The Morgan fingerprint density at radius 1 is 1.37 bits per heavy atom. The number of ether oxygens (including phenoxy) is 1. The Morgan fingerprint density at radius 3 is 2.68 bits per heavy atom. The molecule has 0 radical (unpaired) electrons. The largest absolute Gasteiger partial charge is 0.378 e. The van der Waals surface area contributed by atoms with Crippen LogP contribution in [0.2, 0.25) is 0 Å². The van der Waals surface area contributed by atoms with E-state index in [4.69, 9.17) is 10.5 Å². The van der Waals surface area contributed by atoms with Crippen molar-refractivity contribution in [2.75, 3.05) is 26.2 Å². The standard InChI is InChI=1S/C14H21N3O2/c15-6-1-11-19-13-4-9-17(10-5-13)14(18)12-2-7-16-8-3-12/h2-3,7-8,13H,1,4-6,9-11,15H2.